The SMILES string of the molecule is COCCN1C(=O)C(=O)C(=C(O)c2ccncc2)C1c1ccc(Cl)cc1. The number of Topliss-reactive ketones (excluding diaryl/α,β-unsaturated/α-hetero) is 1. The van der Waals surface area contributed by atoms with Gasteiger partial charge >= 0.3 is 0 Å². The van der Waals surface area contributed by atoms with Gasteiger partial charge in [-0.1, -0.05) is 23.7 Å². The average Bonchev–Trinajstić information content (AvgIpc) is 2.91. The molecule has 0 spiro atoms. The van der Waals surface area contributed by atoms with Gasteiger partial charge in [-0.05, 0) is 29.8 Å². The summed E-state index contributed by atoms with van der Waals surface area (Å²) in [5.41, 5.74) is 1.14. The maximum atomic E-state index is 12.7. The number of carbonyl (C=O) groups excluding carboxylic acids is 2. The van der Waals surface area contributed by atoms with E-state index in [2.05, 4.69) is 4.98 Å². The lowest BCUT2D eigenvalue weighted by Gasteiger charge is -2.25. The molecule has 0 bridgehead atoms. The molecule has 1 unspecified atom stereocenters. The first-order valence-corrected chi connectivity index (χ1v) is 8.35. The Labute approximate surface area is 155 Å². The largest absolute Gasteiger partial charge is 0.507 e. The van der Waals surface area contributed by atoms with E-state index in [9.17, 15) is 14.7 Å². The summed E-state index contributed by atoms with van der Waals surface area (Å²) in [6.07, 6.45) is 3.01. The van der Waals surface area contributed by atoms with Gasteiger partial charge in [0, 0.05) is 36.6 Å². The van der Waals surface area contributed by atoms with Crippen LogP contribution in [-0.4, -0.2) is 46.9 Å². The number of aliphatic hydroxyl groups is 1. The summed E-state index contributed by atoms with van der Waals surface area (Å²) in [4.78, 5) is 30.5. The summed E-state index contributed by atoms with van der Waals surface area (Å²) in [6.45, 7) is 0.494. The normalized spacial score (nSPS) is 19.2. The van der Waals surface area contributed by atoms with Crippen LogP contribution in [0.25, 0.3) is 5.76 Å². The highest BCUT2D eigenvalue weighted by atomic mass is 35.5. The number of ketones is 1. The van der Waals surface area contributed by atoms with E-state index in [-0.39, 0.29) is 24.5 Å². The summed E-state index contributed by atoms with van der Waals surface area (Å²) in [6, 6.07) is 9.28. The fourth-order valence-corrected chi connectivity index (χ4v) is 3.08. The number of halogens is 1. The first-order valence-electron chi connectivity index (χ1n) is 7.97. The molecule has 2 heterocycles. The summed E-state index contributed by atoms with van der Waals surface area (Å²) in [7, 11) is 1.52. The summed E-state index contributed by atoms with van der Waals surface area (Å²) >= 11 is 5.95. The summed E-state index contributed by atoms with van der Waals surface area (Å²) < 4.78 is 5.06. The average molecular weight is 373 g/mol. The fraction of sp³-hybridized carbons (Fsp3) is 0.211. The van der Waals surface area contributed by atoms with Crippen molar-refractivity contribution in [3.8, 4) is 0 Å². The molecular formula is C19H17ClN2O4. The Balaban J connectivity index is 2.15. The van der Waals surface area contributed by atoms with Crippen LogP contribution in [0.4, 0.5) is 0 Å². The van der Waals surface area contributed by atoms with Crippen molar-refractivity contribution in [2.45, 2.75) is 6.04 Å². The van der Waals surface area contributed by atoms with E-state index in [0.717, 1.165) is 0 Å². The Kier molecular flexibility index (Phi) is 5.35. The third-order valence-corrected chi connectivity index (χ3v) is 4.47. The molecular weight excluding hydrogens is 356 g/mol. The quantitative estimate of drug-likeness (QED) is 0.496. The summed E-state index contributed by atoms with van der Waals surface area (Å²) in [5, 5.41) is 11.3. The van der Waals surface area contributed by atoms with Gasteiger partial charge in [0.1, 0.15) is 5.76 Å². The Morgan fingerprint density at radius 2 is 1.85 bits per heavy atom. The number of carbonyl (C=O) groups is 2. The van der Waals surface area contributed by atoms with Gasteiger partial charge in [-0.3, -0.25) is 14.6 Å². The Morgan fingerprint density at radius 1 is 1.19 bits per heavy atom. The standard InChI is InChI=1S/C19H17ClN2O4/c1-26-11-10-22-16(12-2-4-14(20)5-3-12)15(18(24)19(22)25)17(23)13-6-8-21-9-7-13/h2-9,16,23H,10-11H2,1H3. The van der Waals surface area contributed by atoms with Gasteiger partial charge in [0.05, 0.1) is 18.2 Å². The minimum atomic E-state index is -0.727. The Hall–Kier alpha value is -2.70. The van der Waals surface area contributed by atoms with Crippen LogP contribution in [0.2, 0.25) is 5.02 Å². The van der Waals surface area contributed by atoms with Gasteiger partial charge in [0.15, 0.2) is 0 Å². The number of aromatic nitrogens is 1. The van der Waals surface area contributed by atoms with Crippen molar-refractivity contribution < 1.29 is 19.4 Å². The van der Waals surface area contributed by atoms with Crippen LogP contribution in [0, 0.1) is 0 Å². The van der Waals surface area contributed by atoms with Crippen LogP contribution in [0.3, 0.4) is 0 Å². The number of amides is 1. The van der Waals surface area contributed by atoms with Gasteiger partial charge in [-0.15, -0.1) is 0 Å². The summed E-state index contributed by atoms with van der Waals surface area (Å²) in [5.74, 6) is -1.63. The van der Waals surface area contributed by atoms with Gasteiger partial charge < -0.3 is 14.7 Å². The molecule has 1 atom stereocenters. The van der Waals surface area contributed by atoms with E-state index >= 15 is 0 Å². The first-order chi connectivity index (χ1) is 12.5. The molecule has 134 valence electrons. The number of aliphatic hydroxyl groups excluding tert-OH is 1. The van der Waals surface area contributed by atoms with Crippen LogP contribution in [0.15, 0.2) is 54.4 Å². The second-order valence-corrected chi connectivity index (χ2v) is 6.21. The van der Waals surface area contributed by atoms with Crippen molar-refractivity contribution in [1.82, 2.24) is 9.88 Å². The van der Waals surface area contributed by atoms with E-state index in [1.165, 1.54) is 24.4 Å². The first kappa shape index (κ1) is 18.1. The van der Waals surface area contributed by atoms with E-state index in [1.807, 2.05) is 0 Å². The van der Waals surface area contributed by atoms with Gasteiger partial charge in [0.25, 0.3) is 11.7 Å². The maximum absolute atomic E-state index is 12.7. The molecule has 2 aromatic rings. The van der Waals surface area contributed by atoms with Crippen LogP contribution < -0.4 is 0 Å². The minimum absolute atomic E-state index is 0.0413. The van der Waals surface area contributed by atoms with Crippen molar-refractivity contribution in [2.75, 3.05) is 20.3 Å². The zero-order chi connectivity index (χ0) is 18.7. The lowest BCUT2D eigenvalue weighted by Crippen LogP contribution is -2.32. The van der Waals surface area contributed by atoms with Gasteiger partial charge in [-0.2, -0.15) is 0 Å². The molecule has 1 N–H and O–H groups in total. The second kappa shape index (κ2) is 7.68. The minimum Gasteiger partial charge on any atom is -0.507 e. The van der Waals surface area contributed by atoms with Crippen LogP contribution in [0.5, 0.6) is 0 Å². The van der Waals surface area contributed by atoms with Gasteiger partial charge in [-0.25, -0.2) is 0 Å². The van der Waals surface area contributed by atoms with Crippen LogP contribution in [-0.2, 0) is 14.3 Å². The highest BCUT2D eigenvalue weighted by molar-refractivity contribution is 6.46. The molecule has 1 aromatic carbocycles. The number of hydrogen-bond acceptors (Lipinski definition) is 5. The predicted molar refractivity (Wildman–Crippen MR) is 96.6 cm³/mol. The smallest absolute Gasteiger partial charge is 0.295 e. The topological polar surface area (TPSA) is 79.7 Å². The molecule has 7 heteroatoms. The molecule has 26 heavy (non-hydrogen) atoms. The molecule has 1 aliphatic rings. The fourth-order valence-electron chi connectivity index (χ4n) is 2.96. The number of likely N-dealkylation sites (tertiary alicyclic amines) is 1. The molecule has 1 aliphatic heterocycles. The van der Waals surface area contributed by atoms with Crippen molar-refractivity contribution in [3.05, 3.63) is 70.5 Å². The highest BCUT2D eigenvalue weighted by Gasteiger charge is 2.45. The Morgan fingerprint density at radius 3 is 2.46 bits per heavy atom. The Bertz CT molecular complexity index is 850. The molecule has 0 aliphatic carbocycles. The van der Waals surface area contributed by atoms with Crippen LogP contribution in [0.1, 0.15) is 17.2 Å². The number of nitrogens with zero attached hydrogens (tertiary/aromatic N) is 2. The van der Waals surface area contributed by atoms with Crippen molar-refractivity contribution in [2.24, 2.45) is 0 Å². The zero-order valence-corrected chi connectivity index (χ0v) is 14.8. The van der Waals surface area contributed by atoms with Crippen molar-refractivity contribution in [3.63, 3.8) is 0 Å². The van der Waals surface area contributed by atoms with E-state index in [0.29, 0.717) is 16.1 Å². The third kappa shape index (κ3) is 3.34. The number of pyridine rings is 1. The van der Waals surface area contributed by atoms with E-state index in [1.54, 1.807) is 36.4 Å². The molecule has 1 fully saturated rings. The van der Waals surface area contributed by atoms with E-state index in [4.69, 9.17) is 16.3 Å². The monoisotopic (exact) mass is 372 g/mol. The molecule has 1 saturated heterocycles. The van der Waals surface area contributed by atoms with E-state index < -0.39 is 17.7 Å². The predicted octanol–water partition coefficient (Wildman–Crippen LogP) is 2.80. The number of ether oxygens (including phenoxy) is 1. The molecule has 6 nitrogen and oxygen atoms in total. The number of hydrogen-bond donors (Lipinski definition) is 1. The zero-order valence-electron chi connectivity index (χ0n) is 14.1. The highest BCUT2D eigenvalue weighted by Crippen LogP contribution is 2.39. The maximum Gasteiger partial charge on any atom is 0.295 e. The lowest BCUT2D eigenvalue weighted by molar-refractivity contribution is -0.140. The number of methoxy groups -OCH3 is 1. The second-order valence-electron chi connectivity index (χ2n) is 5.77. The number of benzene rings is 1. The number of rotatable bonds is 5. The third-order valence-electron chi connectivity index (χ3n) is 4.22. The van der Waals surface area contributed by atoms with Crippen molar-refractivity contribution >= 4 is 29.1 Å². The molecule has 1 aromatic heterocycles. The lowest BCUT2D eigenvalue weighted by atomic mass is 9.95. The molecule has 0 radical (unpaired) electrons. The van der Waals surface area contributed by atoms with Gasteiger partial charge in [0.2, 0.25) is 0 Å². The molecule has 3 rings (SSSR count). The van der Waals surface area contributed by atoms with Crippen LogP contribution >= 0.6 is 11.6 Å². The molecule has 1 amide bonds. The molecule has 0 saturated carbocycles. The van der Waals surface area contributed by atoms with Crippen molar-refractivity contribution in [1.29, 1.82) is 0 Å².